The Kier molecular flexibility index (Phi) is 2.72. The summed E-state index contributed by atoms with van der Waals surface area (Å²) >= 11 is 0. The van der Waals surface area contributed by atoms with Gasteiger partial charge in [-0.05, 0) is 54.7 Å². The maximum absolute atomic E-state index is 6.27. The van der Waals surface area contributed by atoms with Gasteiger partial charge in [0.15, 0.2) is 0 Å². The zero-order chi connectivity index (χ0) is 11.0. The smallest absolute Gasteiger partial charge is 0.0295 e. The molecule has 0 saturated heterocycles. The summed E-state index contributed by atoms with van der Waals surface area (Å²) in [6.07, 6.45) is 9.25. The molecule has 1 heteroatoms. The van der Waals surface area contributed by atoms with Crippen LogP contribution in [0.25, 0.3) is 0 Å². The molecule has 2 aliphatic rings. The van der Waals surface area contributed by atoms with Crippen molar-refractivity contribution in [2.45, 2.75) is 51.0 Å². The van der Waals surface area contributed by atoms with E-state index in [2.05, 4.69) is 18.2 Å². The Morgan fingerprint density at radius 2 is 2.00 bits per heavy atom. The van der Waals surface area contributed by atoms with E-state index in [-0.39, 0.29) is 6.04 Å². The summed E-state index contributed by atoms with van der Waals surface area (Å²) < 4.78 is 0. The van der Waals surface area contributed by atoms with Gasteiger partial charge >= 0.3 is 0 Å². The maximum atomic E-state index is 6.27. The molecule has 2 aliphatic carbocycles. The van der Waals surface area contributed by atoms with E-state index in [1.807, 2.05) is 0 Å². The summed E-state index contributed by atoms with van der Waals surface area (Å²) in [5.41, 5.74) is 10.7. The van der Waals surface area contributed by atoms with Gasteiger partial charge in [0.25, 0.3) is 0 Å². The van der Waals surface area contributed by atoms with Crippen LogP contribution in [0.1, 0.15) is 54.8 Å². The summed E-state index contributed by atoms with van der Waals surface area (Å²) in [6, 6.07) is 7.18. The summed E-state index contributed by atoms with van der Waals surface area (Å²) in [6.45, 7) is 0. The third kappa shape index (κ3) is 2.15. The van der Waals surface area contributed by atoms with Gasteiger partial charge in [0.2, 0.25) is 0 Å². The monoisotopic (exact) mass is 215 g/mol. The van der Waals surface area contributed by atoms with Gasteiger partial charge in [0.05, 0.1) is 0 Å². The lowest BCUT2D eigenvalue weighted by Crippen LogP contribution is -2.10. The van der Waals surface area contributed by atoms with Crippen LogP contribution >= 0.6 is 0 Å². The number of nitrogens with two attached hydrogens (primary N) is 1. The van der Waals surface area contributed by atoms with E-state index in [0.29, 0.717) is 0 Å². The summed E-state index contributed by atoms with van der Waals surface area (Å²) in [4.78, 5) is 0. The van der Waals surface area contributed by atoms with Gasteiger partial charge in [-0.3, -0.25) is 0 Å². The van der Waals surface area contributed by atoms with Crippen molar-refractivity contribution in [2.75, 3.05) is 0 Å². The second-order valence-electron chi connectivity index (χ2n) is 5.51. The van der Waals surface area contributed by atoms with Gasteiger partial charge < -0.3 is 5.73 Å². The van der Waals surface area contributed by atoms with Crippen molar-refractivity contribution < 1.29 is 0 Å². The van der Waals surface area contributed by atoms with Crippen molar-refractivity contribution in [1.82, 2.24) is 0 Å². The zero-order valence-corrected chi connectivity index (χ0v) is 9.91. The molecule has 1 atom stereocenters. The molecule has 0 bridgehead atoms. The highest BCUT2D eigenvalue weighted by Gasteiger charge is 2.22. The van der Waals surface area contributed by atoms with E-state index in [4.69, 9.17) is 5.73 Å². The molecule has 1 aromatic carbocycles. The highest BCUT2D eigenvalue weighted by molar-refractivity contribution is 5.36. The first-order valence-corrected chi connectivity index (χ1v) is 6.70. The van der Waals surface area contributed by atoms with Gasteiger partial charge in [-0.2, -0.15) is 0 Å². The molecule has 0 aliphatic heterocycles. The van der Waals surface area contributed by atoms with Crippen LogP contribution in [0.3, 0.4) is 0 Å². The third-order valence-corrected chi connectivity index (χ3v) is 4.13. The Balaban J connectivity index is 1.67. The first-order chi connectivity index (χ1) is 7.83. The van der Waals surface area contributed by atoms with Gasteiger partial charge in [0.1, 0.15) is 0 Å². The van der Waals surface area contributed by atoms with E-state index >= 15 is 0 Å². The lowest BCUT2D eigenvalue weighted by molar-refractivity contribution is 0.575. The van der Waals surface area contributed by atoms with E-state index in [9.17, 15) is 0 Å². The van der Waals surface area contributed by atoms with Crippen LogP contribution in [-0.2, 0) is 12.8 Å². The van der Waals surface area contributed by atoms with Gasteiger partial charge in [0, 0.05) is 6.04 Å². The highest BCUT2D eigenvalue weighted by Crippen LogP contribution is 2.35. The van der Waals surface area contributed by atoms with E-state index < -0.39 is 0 Å². The molecule has 0 radical (unpaired) electrons. The van der Waals surface area contributed by atoms with Crippen molar-refractivity contribution in [3.05, 3.63) is 34.9 Å². The van der Waals surface area contributed by atoms with Gasteiger partial charge in [-0.1, -0.05) is 31.0 Å². The number of fused-ring (bicyclic) bond motifs is 1. The SMILES string of the molecule is NC(CCC1CC1)c1ccc2c(c1)CCC2. The molecule has 0 aromatic heterocycles. The molecule has 0 spiro atoms. The van der Waals surface area contributed by atoms with Crippen molar-refractivity contribution in [3.63, 3.8) is 0 Å². The number of hydrogen-bond donors (Lipinski definition) is 1. The Morgan fingerprint density at radius 1 is 1.19 bits per heavy atom. The second kappa shape index (κ2) is 4.21. The Morgan fingerprint density at radius 3 is 2.81 bits per heavy atom. The summed E-state index contributed by atoms with van der Waals surface area (Å²) in [5, 5.41) is 0. The first-order valence-electron chi connectivity index (χ1n) is 6.70. The zero-order valence-electron chi connectivity index (χ0n) is 9.91. The molecular weight excluding hydrogens is 194 g/mol. The number of aryl methyl sites for hydroxylation is 2. The molecule has 1 aromatic rings. The van der Waals surface area contributed by atoms with Gasteiger partial charge in [-0.25, -0.2) is 0 Å². The molecular formula is C15H21N. The predicted molar refractivity (Wildman–Crippen MR) is 67.4 cm³/mol. The molecule has 86 valence electrons. The predicted octanol–water partition coefficient (Wildman–Crippen LogP) is 3.37. The number of rotatable bonds is 4. The first kappa shape index (κ1) is 10.3. The van der Waals surface area contributed by atoms with Crippen LogP contribution in [-0.4, -0.2) is 0 Å². The van der Waals surface area contributed by atoms with Crippen LogP contribution in [0.2, 0.25) is 0 Å². The van der Waals surface area contributed by atoms with Crippen LogP contribution in [0.4, 0.5) is 0 Å². The molecule has 2 N–H and O–H groups in total. The van der Waals surface area contributed by atoms with Crippen molar-refractivity contribution in [1.29, 1.82) is 0 Å². The van der Waals surface area contributed by atoms with Crippen LogP contribution in [0, 0.1) is 5.92 Å². The molecule has 16 heavy (non-hydrogen) atoms. The van der Waals surface area contributed by atoms with Crippen molar-refractivity contribution in [2.24, 2.45) is 11.7 Å². The van der Waals surface area contributed by atoms with E-state index in [1.165, 1.54) is 50.5 Å². The quantitative estimate of drug-likeness (QED) is 0.818. The maximum Gasteiger partial charge on any atom is 0.0295 e. The average Bonchev–Trinajstić information content (AvgIpc) is 3.01. The minimum atomic E-state index is 0.270. The molecule has 3 rings (SSSR count). The van der Waals surface area contributed by atoms with Crippen LogP contribution in [0.15, 0.2) is 18.2 Å². The topological polar surface area (TPSA) is 26.0 Å². The number of benzene rings is 1. The van der Waals surface area contributed by atoms with Crippen LogP contribution < -0.4 is 5.73 Å². The number of hydrogen-bond acceptors (Lipinski definition) is 1. The standard InChI is InChI=1S/C15H21N/c16-15(9-6-11-4-5-11)14-8-7-12-2-1-3-13(12)10-14/h7-8,10-11,15H,1-6,9,16H2. The molecule has 0 heterocycles. The third-order valence-electron chi connectivity index (χ3n) is 4.13. The Labute approximate surface area is 98.0 Å². The lowest BCUT2D eigenvalue weighted by atomic mass is 9.98. The van der Waals surface area contributed by atoms with E-state index in [1.54, 1.807) is 11.1 Å². The lowest BCUT2D eigenvalue weighted by Gasteiger charge is -2.13. The minimum Gasteiger partial charge on any atom is -0.324 e. The Hall–Kier alpha value is -0.820. The fraction of sp³-hybridized carbons (Fsp3) is 0.600. The molecule has 1 unspecified atom stereocenters. The summed E-state index contributed by atoms with van der Waals surface area (Å²) in [5.74, 6) is 1.00. The fourth-order valence-electron chi connectivity index (χ4n) is 2.81. The van der Waals surface area contributed by atoms with Crippen molar-refractivity contribution >= 4 is 0 Å². The van der Waals surface area contributed by atoms with Gasteiger partial charge in [-0.15, -0.1) is 0 Å². The molecule has 1 saturated carbocycles. The highest BCUT2D eigenvalue weighted by atomic mass is 14.6. The average molecular weight is 215 g/mol. The Bertz CT molecular complexity index is 379. The molecule has 0 amide bonds. The molecule has 1 fully saturated rings. The minimum absolute atomic E-state index is 0.270. The fourth-order valence-corrected chi connectivity index (χ4v) is 2.81. The normalized spacial score (nSPS) is 20.8. The van der Waals surface area contributed by atoms with E-state index in [0.717, 1.165) is 5.92 Å². The largest absolute Gasteiger partial charge is 0.324 e. The van der Waals surface area contributed by atoms with Crippen LogP contribution in [0.5, 0.6) is 0 Å². The van der Waals surface area contributed by atoms with Crippen molar-refractivity contribution in [3.8, 4) is 0 Å². The second-order valence-corrected chi connectivity index (χ2v) is 5.51. The summed E-state index contributed by atoms with van der Waals surface area (Å²) in [7, 11) is 0. The molecule has 1 nitrogen and oxygen atoms in total.